The number of carbonyl (C=O) groups excluding carboxylic acids is 1. The molecule has 17 rings (SSSR count). The SMILES string of the molecule is CC(=O)[O-].Cc1cc2ccccc2c(-c2cccc[nH+]2)c1[O-].O.[Cs+].[Cs+].[Cs+].[F-].[F-].[K+].[Li+].[Li+].[Li+].[Li+].[Li][Li].[O-]c1ccc(-c2ccccc2)c2ccc3cc(-c4ccccc4)c[nH+]c3c12.[O-]c1ccccc1-c1[nH+]ccc2ccccc12.[O-]c1ccccc1-c1ccc2ccccc2[nH+]1.[O-]c1ccccc1-c1ccc2ccccc2[nH+]1. The molecule has 512 valence electrons. The predicted molar refractivity (Wildman–Crippen MR) is 400 cm³/mol. The Morgan fingerprint density at radius 3 is 1.30 bits per heavy atom. The number of rotatable bonds is 6. The van der Waals surface area contributed by atoms with E-state index in [-0.39, 0.29) is 377 Å². The number of carboxylic acid groups (broad SMARTS) is 1. The number of nitrogens with one attached hydrogen (secondary N) is 5. The second kappa shape index (κ2) is 57.0. The van der Waals surface area contributed by atoms with Gasteiger partial charge in [-0.3, -0.25) is 0 Å². The van der Waals surface area contributed by atoms with Gasteiger partial charge in [0.05, 0.1) is 5.39 Å². The van der Waals surface area contributed by atoms with Crippen LogP contribution in [-0.2, 0) is 4.79 Å². The summed E-state index contributed by atoms with van der Waals surface area (Å²) < 4.78 is 0. The topological polar surface area (TPSA) is 258 Å². The van der Waals surface area contributed by atoms with Crippen molar-refractivity contribution < 1.29 is 409 Å². The molecule has 0 amide bonds. The Kier molecular flexibility index (Phi) is 55.8. The van der Waals surface area contributed by atoms with Gasteiger partial charge in [0.2, 0.25) is 39.3 Å². The molecule has 7 N–H and O–H groups in total. The molecule has 12 aromatic carbocycles. The van der Waals surface area contributed by atoms with Gasteiger partial charge in [-0.1, -0.05) is 241 Å². The molecule has 0 atom stereocenters. The summed E-state index contributed by atoms with van der Waals surface area (Å²) >= 11 is 4.00. The van der Waals surface area contributed by atoms with Crippen LogP contribution < -0.4 is 398 Å². The first kappa shape index (κ1) is 111. The van der Waals surface area contributed by atoms with E-state index in [1.807, 2.05) is 287 Å². The van der Waals surface area contributed by atoms with Crippen LogP contribution in [0, 0.1) is 6.92 Å². The van der Waals surface area contributed by atoms with Gasteiger partial charge >= 0.3 is 364 Å². The van der Waals surface area contributed by atoms with Gasteiger partial charge in [0.15, 0.2) is 18.6 Å². The van der Waals surface area contributed by atoms with E-state index in [1.165, 1.54) is 0 Å². The molecule has 0 aliphatic heterocycles. The fourth-order valence-corrected chi connectivity index (χ4v) is 12.0. The van der Waals surface area contributed by atoms with Gasteiger partial charge in [0.25, 0.3) is 0 Å². The van der Waals surface area contributed by atoms with Crippen molar-refractivity contribution in [1.82, 2.24) is 0 Å². The number of hydrogen-bond acceptors (Lipinski definition) is 7. The number of para-hydroxylation sites is 5. The number of aromatic nitrogens is 5. The average molecular weight is 1840 g/mol. The monoisotopic (exact) mass is 1840 g/mol. The summed E-state index contributed by atoms with van der Waals surface area (Å²) in [5, 5.41) is 78.6. The number of hydrogen-bond donors (Lipinski definition) is 0. The minimum atomic E-state index is -1.08. The first-order chi connectivity index (χ1) is 49.9. The zero-order valence-electron chi connectivity index (χ0n) is 65.9. The maximum atomic E-state index is 12.7. The minimum Gasteiger partial charge on any atom is -0.872 e. The number of halogens is 2. The Bertz CT molecular complexity index is 5640. The first-order valence-electron chi connectivity index (χ1n) is 33.4. The number of aromatic amines is 5. The third-order valence-electron chi connectivity index (χ3n) is 16.8. The summed E-state index contributed by atoms with van der Waals surface area (Å²) in [5.74, 6) is -0.826. The van der Waals surface area contributed by atoms with Gasteiger partial charge in [-0.2, -0.15) is 0 Å². The van der Waals surface area contributed by atoms with Crippen LogP contribution in [0.1, 0.15) is 12.5 Å². The number of fused-ring (bicyclic) bond motifs is 7. The number of aryl methyl sites for hydroxylation is 1. The molecule has 0 fully saturated rings. The fraction of sp³-hybridized carbons (Fsp3) is 0.0227. The van der Waals surface area contributed by atoms with E-state index >= 15 is 0 Å². The van der Waals surface area contributed by atoms with Gasteiger partial charge < -0.3 is 50.3 Å². The molecule has 25 heteroatoms. The number of pyridine rings is 5. The van der Waals surface area contributed by atoms with Crippen LogP contribution >= 0.6 is 0 Å². The van der Waals surface area contributed by atoms with E-state index < -0.39 is 5.97 Å². The molecule has 5 heterocycles. The molecule has 113 heavy (non-hydrogen) atoms. The summed E-state index contributed by atoms with van der Waals surface area (Å²) in [6, 6.07) is 101. The zero-order chi connectivity index (χ0) is 71.3. The van der Waals surface area contributed by atoms with Crippen LogP contribution in [0.15, 0.2) is 334 Å². The number of carboxylic acids is 1. The molecule has 17 aromatic rings. The first-order valence-corrected chi connectivity index (χ1v) is 33.4. The van der Waals surface area contributed by atoms with Crippen molar-refractivity contribution in [3.05, 3.63) is 340 Å². The number of H-pyrrole nitrogens is 5. The molecule has 0 bridgehead atoms. The van der Waals surface area contributed by atoms with Crippen LogP contribution in [0.5, 0.6) is 28.7 Å². The molecular weight excluding hydrogens is 1770 g/mol. The van der Waals surface area contributed by atoms with E-state index in [0.29, 0.717) is 16.7 Å². The van der Waals surface area contributed by atoms with E-state index in [1.54, 1.807) is 42.5 Å². The van der Waals surface area contributed by atoms with Crippen LogP contribution in [0.4, 0.5) is 0 Å². The summed E-state index contributed by atoms with van der Waals surface area (Å²) in [6.07, 6.45) is 5.68. The molecule has 0 saturated carbocycles. The minimum absolute atomic E-state index is 0. The molecule has 0 radical (unpaired) electrons. The molecule has 0 saturated heterocycles. The van der Waals surface area contributed by atoms with Crippen LogP contribution in [0.25, 0.3) is 132 Å². The maximum Gasteiger partial charge on any atom is 0.218 e. The van der Waals surface area contributed by atoms with E-state index in [0.717, 1.165) is 128 Å². The second-order valence-electron chi connectivity index (χ2n) is 23.4. The van der Waals surface area contributed by atoms with E-state index in [2.05, 4.69) is 67.4 Å². The van der Waals surface area contributed by atoms with Crippen molar-refractivity contribution in [1.29, 1.82) is 0 Å². The normalized spacial score (nSPS) is 9.43. The molecule has 0 aliphatic rings. The van der Waals surface area contributed by atoms with Crippen LogP contribution in [0.3, 0.4) is 0 Å². The Morgan fingerprint density at radius 2 is 0.788 bits per heavy atom. The van der Waals surface area contributed by atoms with Gasteiger partial charge in [-0.25, -0.2) is 24.9 Å². The molecule has 13 nitrogen and oxygen atoms in total. The zero-order valence-corrected chi connectivity index (χ0v) is 87.8. The van der Waals surface area contributed by atoms with Gasteiger partial charge in [-0.15, -0.1) is 0 Å². The van der Waals surface area contributed by atoms with Gasteiger partial charge in [-0.05, 0) is 119 Å². The fourth-order valence-electron chi connectivity index (χ4n) is 12.0. The maximum absolute atomic E-state index is 12.7. The number of benzene rings is 12. The Labute approximate surface area is 940 Å². The molecule has 0 unspecified atom stereocenters. The standard InChI is InChI=1S/C25H17NO.C16H13NO.3C15H11NO.C2H4O2.3Cs.2FH.K.6Li.H2O/c27-23-14-13-21(18-9-5-2-6-10-18)22-12-11-19-15-20(16-26-25(19)24(22)23)17-7-3-1-4-8-17;1-11-10-12-6-2-3-7-13(12)15(16(11)18)14-8-4-5-9-17-14;2*17-15-8-4-2-6-12(15)14-10-9-11-5-1-3-7-13(11)16-14;17-14-8-4-3-7-13(14)15-12-6-2-1-5-11(12)9-10-16-15;1-2(3)4;;;;;;;;;;;;;/h1-16,27H;2-10,18H,1H3;3*1-10,17H;1H3,(H,3,4);;;;2*1H;;;;;;;;1H2/q;;;;;;3*+1;;;+1;;;4*+1;/p-3. The Morgan fingerprint density at radius 1 is 0.354 bits per heavy atom. The van der Waals surface area contributed by atoms with Crippen molar-refractivity contribution >= 4 is 102 Å². The van der Waals surface area contributed by atoms with E-state index in [9.17, 15) is 25.5 Å². The van der Waals surface area contributed by atoms with Gasteiger partial charge in [0, 0.05) is 97.8 Å². The Hall–Kier alpha value is -2.38. The third kappa shape index (κ3) is 30.0. The van der Waals surface area contributed by atoms with E-state index in [4.69, 9.17) is 9.90 Å². The quantitative estimate of drug-likeness (QED) is 0.115. The van der Waals surface area contributed by atoms with Crippen molar-refractivity contribution in [2.75, 3.05) is 0 Å². The van der Waals surface area contributed by atoms with Crippen LogP contribution in [0.2, 0.25) is 0 Å². The summed E-state index contributed by atoms with van der Waals surface area (Å²) in [7, 11) is 0. The van der Waals surface area contributed by atoms with Crippen LogP contribution in [-0.4, -0.2) is 42.2 Å². The molecule has 0 aliphatic carbocycles. The molecule has 5 aromatic heterocycles. The van der Waals surface area contributed by atoms with Crippen molar-refractivity contribution in [3.63, 3.8) is 0 Å². The number of carbonyl (C=O) groups is 1. The van der Waals surface area contributed by atoms with Crippen molar-refractivity contribution in [2.45, 2.75) is 13.8 Å². The van der Waals surface area contributed by atoms with Crippen molar-refractivity contribution in [2.24, 2.45) is 0 Å². The van der Waals surface area contributed by atoms with Gasteiger partial charge in [0.1, 0.15) is 0 Å². The predicted octanol–water partition coefficient (Wildman–Crippen LogP) is -17.7. The largest absolute Gasteiger partial charge is 0.872 e. The smallest absolute Gasteiger partial charge is 0.218 e. The van der Waals surface area contributed by atoms with Crippen molar-refractivity contribution in [3.8, 4) is 96.0 Å². The second-order valence-corrected chi connectivity index (χ2v) is 23.4. The summed E-state index contributed by atoms with van der Waals surface area (Å²) in [6.45, 7) is 2.83. The molecule has 0 spiro atoms. The summed E-state index contributed by atoms with van der Waals surface area (Å²) in [4.78, 5) is 25.2. The number of aliphatic carboxylic acids is 1. The Balaban J connectivity index is 0.00000135. The third-order valence-corrected chi connectivity index (χ3v) is 16.8. The summed E-state index contributed by atoms with van der Waals surface area (Å²) in [5.41, 5.74) is 14.5. The average Bonchev–Trinajstić information content (AvgIpc) is 0.753. The molecular formula is C88H68Cs3F2KLi6N5O8+5.